The minimum Gasteiger partial charge on any atom is -0.324 e. The van der Waals surface area contributed by atoms with E-state index in [4.69, 9.17) is 11.6 Å². The third-order valence-electron chi connectivity index (χ3n) is 6.00. The van der Waals surface area contributed by atoms with E-state index in [1.165, 1.54) is 18.4 Å². The summed E-state index contributed by atoms with van der Waals surface area (Å²) >= 11 is 5.92. The number of carbonyl (C=O) groups is 1. The highest BCUT2D eigenvalue weighted by atomic mass is 35.5. The average molecular weight is 384 g/mol. The van der Waals surface area contributed by atoms with Crippen molar-refractivity contribution in [3.05, 3.63) is 65.2 Å². The van der Waals surface area contributed by atoms with Gasteiger partial charge < -0.3 is 10.2 Å². The number of hydrogen-bond acceptors (Lipinski definition) is 2. The summed E-state index contributed by atoms with van der Waals surface area (Å²) in [7, 11) is 0. The topological polar surface area (TPSA) is 35.6 Å². The second-order valence-corrected chi connectivity index (χ2v) is 7.95. The van der Waals surface area contributed by atoms with Crippen LogP contribution in [0.15, 0.2) is 54.6 Å². The number of piperidine rings is 1. The molecule has 0 radical (unpaired) electrons. The minimum absolute atomic E-state index is 0.0274. The fraction of sp³-hybridized carbons (Fsp3) is 0.409. The fourth-order valence-corrected chi connectivity index (χ4v) is 4.62. The molecular formula is C22H26ClN3O. The van der Waals surface area contributed by atoms with Crippen molar-refractivity contribution < 1.29 is 4.79 Å². The molecule has 0 saturated carbocycles. The molecule has 27 heavy (non-hydrogen) atoms. The Hall–Kier alpha value is -2.04. The monoisotopic (exact) mass is 383 g/mol. The number of nitrogens with one attached hydrogen (secondary N) is 1. The van der Waals surface area contributed by atoms with Gasteiger partial charge in [-0.2, -0.15) is 0 Å². The van der Waals surface area contributed by atoms with Crippen LogP contribution < -0.4 is 5.32 Å². The van der Waals surface area contributed by atoms with Crippen molar-refractivity contribution >= 4 is 23.3 Å². The molecule has 0 bridgehead atoms. The molecule has 4 rings (SSSR count). The van der Waals surface area contributed by atoms with Crippen molar-refractivity contribution in [3.8, 4) is 0 Å². The van der Waals surface area contributed by atoms with Gasteiger partial charge in [-0.05, 0) is 68.6 Å². The van der Waals surface area contributed by atoms with Crippen LogP contribution in [0.3, 0.4) is 0 Å². The Morgan fingerprint density at radius 1 is 0.889 bits per heavy atom. The summed E-state index contributed by atoms with van der Waals surface area (Å²) in [6, 6.07) is 18.1. The lowest BCUT2D eigenvalue weighted by atomic mass is 9.79. The lowest BCUT2D eigenvalue weighted by molar-refractivity contribution is 0.0472. The van der Waals surface area contributed by atoms with E-state index in [0.29, 0.717) is 5.02 Å². The molecule has 2 aromatic carbocycles. The van der Waals surface area contributed by atoms with Crippen LogP contribution in [0.4, 0.5) is 10.5 Å². The Labute approximate surface area is 166 Å². The summed E-state index contributed by atoms with van der Waals surface area (Å²) in [5, 5.41) is 3.66. The molecule has 0 atom stereocenters. The molecule has 1 N–H and O–H groups in total. The molecule has 2 aliphatic rings. The summed E-state index contributed by atoms with van der Waals surface area (Å²) in [6.07, 6.45) is 4.50. The Morgan fingerprint density at radius 2 is 1.52 bits per heavy atom. The van der Waals surface area contributed by atoms with Crippen LogP contribution in [0.5, 0.6) is 0 Å². The summed E-state index contributed by atoms with van der Waals surface area (Å²) in [6.45, 7) is 3.85. The highest BCUT2D eigenvalue weighted by Gasteiger charge is 2.42. The molecule has 2 aliphatic heterocycles. The van der Waals surface area contributed by atoms with Gasteiger partial charge >= 0.3 is 6.03 Å². The van der Waals surface area contributed by atoms with Crippen LogP contribution in [0.25, 0.3) is 0 Å². The smallest absolute Gasteiger partial charge is 0.321 e. The number of benzene rings is 2. The maximum atomic E-state index is 12.7. The SMILES string of the molecule is O=C(Nc1ccc(Cl)cc1)N1CCC(c2ccccc2)(N2CCCC2)CC1. The van der Waals surface area contributed by atoms with E-state index >= 15 is 0 Å². The highest BCUT2D eigenvalue weighted by Crippen LogP contribution is 2.40. The second kappa shape index (κ2) is 7.91. The van der Waals surface area contributed by atoms with Crippen molar-refractivity contribution in [1.82, 2.24) is 9.80 Å². The van der Waals surface area contributed by atoms with Crippen LogP contribution in [0, 0.1) is 0 Å². The van der Waals surface area contributed by atoms with Gasteiger partial charge in [0.15, 0.2) is 0 Å². The zero-order valence-corrected chi connectivity index (χ0v) is 16.3. The number of nitrogens with zero attached hydrogens (tertiary/aromatic N) is 2. The number of hydrogen-bond donors (Lipinski definition) is 1. The van der Waals surface area contributed by atoms with Gasteiger partial charge in [0.25, 0.3) is 0 Å². The first kappa shape index (κ1) is 18.3. The molecule has 2 amide bonds. The quantitative estimate of drug-likeness (QED) is 0.813. The third-order valence-corrected chi connectivity index (χ3v) is 6.25. The molecule has 0 unspecified atom stereocenters. The molecule has 5 heteroatoms. The summed E-state index contributed by atoms with van der Waals surface area (Å²) in [5.41, 5.74) is 2.24. The van der Waals surface area contributed by atoms with Crippen molar-refractivity contribution in [3.63, 3.8) is 0 Å². The first-order valence-electron chi connectivity index (χ1n) is 9.79. The second-order valence-electron chi connectivity index (χ2n) is 7.52. The zero-order valence-electron chi connectivity index (χ0n) is 15.5. The third kappa shape index (κ3) is 3.83. The Kier molecular flexibility index (Phi) is 5.37. The van der Waals surface area contributed by atoms with Gasteiger partial charge in [0.05, 0.1) is 0 Å². The van der Waals surface area contributed by atoms with Crippen LogP contribution in [0.2, 0.25) is 5.02 Å². The van der Waals surface area contributed by atoms with Gasteiger partial charge in [-0.3, -0.25) is 4.90 Å². The Bertz CT molecular complexity index is 764. The molecule has 2 saturated heterocycles. The average Bonchev–Trinajstić information content (AvgIpc) is 3.26. The largest absolute Gasteiger partial charge is 0.324 e. The van der Waals surface area contributed by atoms with Crippen molar-refractivity contribution in [1.29, 1.82) is 0 Å². The van der Waals surface area contributed by atoms with E-state index in [1.807, 2.05) is 17.0 Å². The molecule has 142 valence electrons. The zero-order chi connectivity index (χ0) is 18.7. The minimum atomic E-state index is -0.0274. The molecule has 2 heterocycles. The summed E-state index contributed by atoms with van der Waals surface area (Å²) < 4.78 is 0. The number of amides is 2. The molecule has 2 fully saturated rings. The van der Waals surface area contributed by atoms with E-state index in [9.17, 15) is 4.79 Å². The lowest BCUT2D eigenvalue weighted by Crippen LogP contribution is -2.54. The highest BCUT2D eigenvalue weighted by molar-refractivity contribution is 6.30. The van der Waals surface area contributed by atoms with Gasteiger partial charge in [-0.1, -0.05) is 41.9 Å². The number of halogens is 1. The van der Waals surface area contributed by atoms with E-state index in [1.54, 1.807) is 12.1 Å². The van der Waals surface area contributed by atoms with E-state index in [2.05, 4.69) is 40.5 Å². The van der Waals surface area contributed by atoms with Gasteiger partial charge in [0.1, 0.15) is 0 Å². The molecule has 4 nitrogen and oxygen atoms in total. The van der Waals surface area contributed by atoms with Crippen LogP contribution >= 0.6 is 11.6 Å². The normalized spacial score (nSPS) is 19.8. The van der Waals surface area contributed by atoms with Gasteiger partial charge in [0, 0.05) is 29.3 Å². The summed E-state index contributed by atoms with van der Waals surface area (Å²) in [5.74, 6) is 0. The number of rotatable bonds is 3. The van der Waals surface area contributed by atoms with Gasteiger partial charge in [0.2, 0.25) is 0 Å². The fourth-order valence-electron chi connectivity index (χ4n) is 4.50. The van der Waals surface area contributed by atoms with E-state index in [-0.39, 0.29) is 11.6 Å². The van der Waals surface area contributed by atoms with Crippen molar-refractivity contribution in [2.45, 2.75) is 31.2 Å². The first-order valence-corrected chi connectivity index (χ1v) is 10.2. The predicted molar refractivity (Wildman–Crippen MR) is 110 cm³/mol. The van der Waals surface area contributed by atoms with E-state index < -0.39 is 0 Å². The Morgan fingerprint density at radius 3 is 2.15 bits per heavy atom. The van der Waals surface area contributed by atoms with E-state index in [0.717, 1.165) is 44.7 Å². The van der Waals surface area contributed by atoms with Gasteiger partial charge in [-0.15, -0.1) is 0 Å². The van der Waals surface area contributed by atoms with Crippen LogP contribution in [-0.4, -0.2) is 42.0 Å². The maximum Gasteiger partial charge on any atom is 0.321 e. The first-order chi connectivity index (χ1) is 13.2. The number of urea groups is 1. The molecule has 0 aliphatic carbocycles. The molecule has 0 aromatic heterocycles. The van der Waals surface area contributed by atoms with Crippen molar-refractivity contribution in [2.24, 2.45) is 0 Å². The van der Waals surface area contributed by atoms with Gasteiger partial charge in [-0.25, -0.2) is 4.79 Å². The van der Waals surface area contributed by atoms with Crippen molar-refractivity contribution in [2.75, 3.05) is 31.5 Å². The number of likely N-dealkylation sites (tertiary alicyclic amines) is 2. The molecular weight excluding hydrogens is 358 g/mol. The Balaban J connectivity index is 1.46. The molecule has 2 aromatic rings. The summed E-state index contributed by atoms with van der Waals surface area (Å²) in [4.78, 5) is 17.3. The standard InChI is InChI=1S/C22H26ClN3O/c23-19-8-10-20(11-9-19)24-21(27)25-16-12-22(13-17-25,26-14-4-5-15-26)18-6-2-1-3-7-18/h1-3,6-11H,4-5,12-17H2,(H,24,27). The van der Waals surface area contributed by atoms with Crippen LogP contribution in [0.1, 0.15) is 31.2 Å². The number of carbonyl (C=O) groups excluding carboxylic acids is 1. The maximum absolute atomic E-state index is 12.7. The molecule has 0 spiro atoms. The lowest BCUT2D eigenvalue weighted by Gasteiger charge is -2.48. The predicted octanol–water partition coefficient (Wildman–Crippen LogP) is 4.96. The van der Waals surface area contributed by atoms with Crippen LogP contribution in [-0.2, 0) is 5.54 Å². The number of anilines is 1.